The van der Waals surface area contributed by atoms with Gasteiger partial charge in [-0.05, 0) is 19.4 Å². The van der Waals surface area contributed by atoms with Crippen LogP contribution in [0.5, 0.6) is 0 Å². The largest absolute Gasteiger partial charge is 0.363 e. The Balaban J connectivity index is 2.55. The molecule has 0 bridgehead atoms. The monoisotopic (exact) mass is 212 g/mol. The molecule has 0 unspecified atom stereocenters. The Kier molecular flexibility index (Phi) is 2.03. The summed E-state index contributed by atoms with van der Waals surface area (Å²) in [6, 6.07) is 8.64. The summed E-state index contributed by atoms with van der Waals surface area (Å²) in [5, 5.41) is 2.71. The molecule has 0 aliphatic heterocycles. The standard InChI is InChI=1S/C14H16N2/c1-3-12-14-11(9-15-12)10-7-5-6-8-13(10)16(14)4-2/h5-9,15H,3-4H2,1-2H3. The van der Waals surface area contributed by atoms with E-state index in [1.807, 2.05) is 0 Å². The van der Waals surface area contributed by atoms with Crippen LogP contribution in [0.1, 0.15) is 19.5 Å². The Morgan fingerprint density at radius 3 is 2.69 bits per heavy atom. The molecule has 16 heavy (non-hydrogen) atoms. The SMILES string of the molecule is CCc1[nH]cc2c3ccccc3n(CC)c12. The van der Waals surface area contributed by atoms with Crippen molar-refractivity contribution in [3.8, 4) is 0 Å². The van der Waals surface area contributed by atoms with Crippen molar-refractivity contribution in [2.75, 3.05) is 0 Å². The predicted octanol–water partition coefficient (Wildman–Crippen LogP) is 3.70. The molecule has 0 atom stereocenters. The maximum Gasteiger partial charge on any atom is 0.0701 e. The average molecular weight is 212 g/mol. The van der Waals surface area contributed by atoms with Crippen molar-refractivity contribution >= 4 is 21.8 Å². The van der Waals surface area contributed by atoms with Gasteiger partial charge in [-0.15, -0.1) is 0 Å². The number of nitrogens with one attached hydrogen (secondary N) is 1. The van der Waals surface area contributed by atoms with Gasteiger partial charge >= 0.3 is 0 Å². The summed E-state index contributed by atoms with van der Waals surface area (Å²) >= 11 is 0. The molecule has 0 aliphatic carbocycles. The first-order valence-corrected chi connectivity index (χ1v) is 5.94. The lowest BCUT2D eigenvalue weighted by Gasteiger charge is -2.03. The van der Waals surface area contributed by atoms with Crippen molar-refractivity contribution < 1.29 is 0 Å². The smallest absolute Gasteiger partial charge is 0.0701 e. The molecular weight excluding hydrogens is 196 g/mol. The molecule has 0 saturated carbocycles. The zero-order chi connectivity index (χ0) is 11.1. The van der Waals surface area contributed by atoms with Gasteiger partial charge in [-0.2, -0.15) is 0 Å². The number of H-pyrrole nitrogens is 1. The van der Waals surface area contributed by atoms with Gasteiger partial charge < -0.3 is 9.55 Å². The minimum Gasteiger partial charge on any atom is -0.363 e. The Morgan fingerprint density at radius 2 is 1.94 bits per heavy atom. The second kappa shape index (κ2) is 3.41. The highest BCUT2D eigenvalue weighted by atomic mass is 15.0. The summed E-state index contributed by atoms with van der Waals surface area (Å²) in [5.74, 6) is 0. The predicted molar refractivity (Wildman–Crippen MR) is 68.8 cm³/mol. The molecule has 0 amide bonds. The van der Waals surface area contributed by atoms with E-state index < -0.39 is 0 Å². The van der Waals surface area contributed by atoms with Gasteiger partial charge in [0.2, 0.25) is 0 Å². The molecule has 0 saturated heterocycles. The fourth-order valence-electron chi connectivity index (χ4n) is 2.63. The lowest BCUT2D eigenvalue weighted by atomic mass is 10.2. The maximum atomic E-state index is 3.39. The third-order valence-corrected chi connectivity index (χ3v) is 3.36. The van der Waals surface area contributed by atoms with Crippen LogP contribution in [0.3, 0.4) is 0 Å². The number of hydrogen-bond acceptors (Lipinski definition) is 0. The van der Waals surface area contributed by atoms with Crippen LogP contribution < -0.4 is 0 Å². The van der Waals surface area contributed by atoms with Gasteiger partial charge in [0.1, 0.15) is 0 Å². The number of aromatic amines is 1. The zero-order valence-electron chi connectivity index (χ0n) is 9.75. The van der Waals surface area contributed by atoms with E-state index in [2.05, 4.69) is 53.9 Å². The normalized spacial score (nSPS) is 11.6. The van der Waals surface area contributed by atoms with Gasteiger partial charge in [0.15, 0.2) is 0 Å². The Labute approximate surface area is 94.9 Å². The third-order valence-electron chi connectivity index (χ3n) is 3.36. The van der Waals surface area contributed by atoms with Crippen LogP contribution in [0.2, 0.25) is 0 Å². The molecule has 0 aliphatic rings. The van der Waals surface area contributed by atoms with Crippen molar-refractivity contribution in [1.82, 2.24) is 9.55 Å². The fraction of sp³-hybridized carbons (Fsp3) is 0.286. The van der Waals surface area contributed by atoms with E-state index in [0.29, 0.717) is 0 Å². The van der Waals surface area contributed by atoms with Crippen LogP contribution in [-0.2, 0) is 13.0 Å². The summed E-state index contributed by atoms with van der Waals surface area (Å²) < 4.78 is 2.40. The molecule has 2 nitrogen and oxygen atoms in total. The van der Waals surface area contributed by atoms with Crippen LogP contribution in [0, 0.1) is 0 Å². The number of nitrogens with zero attached hydrogens (tertiary/aromatic N) is 1. The van der Waals surface area contributed by atoms with E-state index in [4.69, 9.17) is 0 Å². The number of para-hydroxylation sites is 1. The molecule has 2 heteroatoms. The van der Waals surface area contributed by atoms with Crippen molar-refractivity contribution in [2.24, 2.45) is 0 Å². The Morgan fingerprint density at radius 1 is 1.12 bits per heavy atom. The number of aryl methyl sites for hydroxylation is 2. The molecule has 1 aromatic carbocycles. The maximum absolute atomic E-state index is 3.39. The Hall–Kier alpha value is -1.70. The number of hydrogen-bond donors (Lipinski definition) is 1. The third kappa shape index (κ3) is 1.07. The summed E-state index contributed by atoms with van der Waals surface area (Å²) in [7, 11) is 0. The van der Waals surface area contributed by atoms with Gasteiger partial charge in [-0.3, -0.25) is 0 Å². The van der Waals surface area contributed by atoms with E-state index in [1.54, 1.807) is 0 Å². The summed E-state index contributed by atoms with van der Waals surface area (Å²) in [6.07, 6.45) is 3.20. The number of fused-ring (bicyclic) bond motifs is 3. The van der Waals surface area contributed by atoms with E-state index in [1.165, 1.54) is 27.5 Å². The van der Waals surface area contributed by atoms with E-state index in [0.717, 1.165) is 13.0 Å². The van der Waals surface area contributed by atoms with Gasteiger partial charge in [-0.25, -0.2) is 0 Å². The van der Waals surface area contributed by atoms with E-state index >= 15 is 0 Å². The first-order chi connectivity index (χ1) is 7.86. The molecule has 82 valence electrons. The van der Waals surface area contributed by atoms with Crippen LogP contribution in [-0.4, -0.2) is 9.55 Å². The molecule has 2 aromatic heterocycles. The highest BCUT2D eigenvalue weighted by Crippen LogP contribution is 2.31. The summed E-state index contributed by atoms with van der Waals surface area (Å²) in [6.45, 7) is 5.43. The molecule has 0 spiro atoms. The fourth-order valence-corrected chi connectivity index (χ4v) is 2.63. The van der Waals surface area contributed by atoms with E-state index in [-0.39, 0.29) is 0 Å². The van der Waals surface area contributed by atoms with Gasteiger partial charge in [0.25, 0.3) is 0 Å². The molecule has 2 heterocycles. The molecule has 3 rings (SSSR count). The number of aromatic nitrogens is 2. The molecule has 1 N–H and O–H groups in total. The summed E-state index contributed by atoms with van der Waals surface area (Å²) in [4.78, 5) is 3.39. The minimum absolute atomic E-state index is 1.02. The van der Waals surface area contributed by atoms with Crippen molar-refractivity contribution in [2.45, 2.75) is 26.8 Å². The lowest BCUT2D eigenvalue weighted by molar-refractivity contribution is 0.820. The van der Waals surface area contributed by atoms with Crippen LogP contribution in [0.15, 0.2) is 30.5 Å². The Bertz CT molecular complexity index is 643. The molecule has 3 aromatic rings. The van der Waals surface area contributed by atoms with Crippen LogP contribution in [0.25, 0.3) is 21.8 Å². The van der Waals surface area contributed by atoms with Crippen molar-refractivity contribution in [3.63, 3.8) is 0 Å². The van der Waals surface area contributed by atoms with Crippen molar-refractivity contribution in [1.29, 1.82) is 0 Å². The number of rotatable bonds is 2. The highest BCUT2D eigenvalue weighted by molar-refractivity contribution is 6.08. The quantitative estimate of drug-likeness (QED) is 0.668. The van der Waals surface area contributed by atoms with Crippen LogP contribution >= 0.6 is 0 Å². The second-order valence-corrected chi connectivity index (χ2v) is 4.14. The first kappa shape index (κ1) is 9.52. The lowest BCUT2D eigenvalue weighted by Crippen LogP contribution is -1.95. The minimum atomic E-state index is 1.02. The van der Waals surface area contributed by atoms with E-state index in [9.17, 15) is 0 Å². The molecule has 0 radical (unpaired) electrons. The van der Waals surface area contributed by atoms with Gasteiger partial charge in [-0.1, -0.05) is 25.1 Å². The topological polar surface area (TPSA) is 20.7 Å². The zero-order valence-corrected chi connectivity index (χ0v) is 9.75. The van der Waals surface area contributed by atoms with Gasteiger partial charge in [0.05, 0.1) is 5.52 Å². The van der Waals surface area contributed by atoms with Gasteiger partial charge in [0, 0.05) is 34.7 Å². The van der Waals surface area contributed by atoms with Crippen LogP contribution in [0.4, 0.5) is 0 Å². The molecular formula is C14H16N2. The highest BCUT2D eigenvalue weighted by Gasteiger charge is 2.12. The van der Waals surface area contributed by atoms with Crippen molar-refractivity contribution in [3.05, 3.63) is 36.2 Å². The second-order valence-electron chi connectivity index (χ2n) is 4.14. The average Bonchev–Trinajstić information content (AvgIpc) is 2.86. The first-order valence-electron chi connectivity index (χ1n) is 5.94. The molecule has 0 fully saturated rings. The number of benzene rings is 1. The summed E-state index contributed by atoms with van der Waals surface area (Å²) in [5.41, 5.74) is 4.07.